The molecule has 0 atom stereocenters. The second-order valence-electron chi connectivity index (χ2n) is 10.1. The van der Waals surface area contributed by atoms with Gasteiger partial charge in [-0.3, -0.25) is 0 Å². The monoisotopic (exact) mass is 358 g/mol. The second-order valence-corrected chi connectivity index (χ2v) is 10.1. The predicted molar refractivity (Wildman–Crippen MR) is 120 cm³/mol. The summed E-state index contributed by atoms with van der Waals surface area (Å²) in [5, 5.41) is 0. The summed E-state index contributed by atoms with van der Waals surface area (Å²) in [5.74, 6) is 0. The first-order chi connectivity index (χ1) is 12.5. The minimum absolute atomic E-state index is 0.0588. The number of fused-ring (bicyclic) bond motifs is 3. The zero-order valence-electron chi connectivity index (χ0n) is 17.9. The molecular weight excluding hydrogens is 324 g/mol. The summed E-state index contributed by atoms with van der Waals surface area (Å²) in [6.45, 7) is 21.9. The smallest absolute Gasteiger partial charge is 0.0283 e. The van der Waals surface area contributed by atoms with E-state index >= 15 is 0 Å². The van der Waals surface area contributed by atoms with Gasteiger partial charge in [-0.25, -0.2) is 0 Å². The number of benzene rings is 2. The second kappa shape index (κ2) is 6.51. The van der Waals surface area contributed by atoms with Crippen molar-refractivity contribution in [2.45, 2.75) is 70.6 Å². The fourth-order valence-electron chi connectivity index (χ4n) is 4.44. The van der Waals surface area contributed by atoms with Crippen LogP contribution in [0.3, 0.4) is 0 Å². The predicted octanol–water partition coefficient (Wildman–Crippen LogP) is 7.70. The van der Waals surface area contributed by atoms with E-state index in [4.69, 9.17) is 0 Å². The van der Waals surface area contributed by atoms with Crippen molar-refractivity contribution in [1.29, 1.82) is 0 Å². The van der Waals surface area contributed by atoms with Gasteiger partial charge in [0.25, 0.3) is 0 Å². The number of allylic oxidation sites excluding steroid dienone is 2. The van der Waals surface area contributed by atoms with Crippen LogP contribution in [0, 0.1) is 0 Å². The molecule has 0 heteroatoms. The molecule has 142 valence electrons. The average Bonchev–Trinajstić information content (AvgIpc) is 2.84. The van der Waals surface area contributed by atoms with Crippen LogP contribution in [0.5, 0.6) is 0 Å². The third-order valence-corrected chi connectivity index (χ3v) is 6.08. The molecule has 0 aromatic heterocycles. The molecule has 1 aliphatic carbocycles. The summed E-state index contributed by atoms with van der Waals surface area (Å²) in [6.07, 6.45) is 6.02. The molecule has 0 fully saturated rings. The van der Waals surface area contributed by atoms with E-state index in [0.29, 0.717) is 0 Å². The molecule has 0 heterocycles. The largest absolute Gasteiger partial charge is 0.103 e. The van der Waals surface area contributed by atoms with Crippen LogP contribution in [-0.2, 0) is 16.2 Å². The Labute approximate surface area is 166 Å². The molecule has 0 saturated carbocycles. The molecule has 0 bridgehead atoms. The standard InChI is InChI=1S/C27H34/c1-9-15-27(16-10-2)23-17-19(25(3,4)5)11-13-21(23)22-14-12-20(18-24(22)27)26(6,7)8/h9-14,17-18H,1-2,15-16H2,3-8H3. The molecule has 0 spiro atoms. The van der Waals surface area contributed by atoms with E-state index in [1.165, 1.54) is 33.4 Å². The molecule has 2 aromatic rings. The Morgan fingerprint density at radius 1 is 0.704 bits per heavy atom. The SMILES string of the molecule is C=CCC1(CC=C)c2cc(C(C)(C)C)ccc2-c2ccc(C(C)(C)C)cc21. The molecule has 0 radical (unpaired) electrons. The first-order valence-corrected chi connectivity index (χ1v) is 10.1. The molecule has 0 saturated heterocycles. The normalized spacial score (nSPS) is 15.2. The van der Waals surface area contributed by atoms with Crippen molar-refractivity contribution in [3.8, 4) is 11.1 Å². The van der Waals surface area contributed by atoms with Gasteiger partial charge in [0.05, 0.1) is 0 Å². The maximum atomic E-state index is 4.11. The molecule has 0 N–H and O–H groups in total. The highest BCUT2D eigenvalue weighted by Crippen LogP contribution is 2.54. The summed E-state index contributed by atoms with van der Waals surface area (Å²) in [7, 11) is 0. The minimum atomic E-state index is -0.0588. The Morgan fingerprint density at radius 2 is 1.07 bits per heavy atom. The van der Waals surface area contributed by atoms with Crippen LogP contribution in [-0.4, -0.2) is 0 Å². The van der Waals surface area contributed by atoms with Crippen LogP contribution < -0.4 is 0 Å². The Balaban J connectivity index is 2.34. The van der Waals surface area contributed by atoms with Gasteiger partial charge in [0.15, 0.2) is 0 Å². The summed E-state index contributed by atoms with van der Waals surface area (Å²) in [4.78, 5) is 0. The van der Waals surface area contributed by atoms with Gasteiger partial charge in [0.1, 0.15) is 0 Å². The lowest BCUT2D eigenvalue weighted by Gasteiger charge is -2.32. The van der Waals surface area contributed by atoms with Gasteiger partial charge < -0.3 is 0 Å². The maximum absolute atomic E-state index is 4.11. The molecule has 3 rings (SSSR count). The number of hydrogen-bond donors (Lipinski definition) is 0. The van der Waals surface area contributed by atoms with Crippen LogP contribution in [0.1, 0.15) is 76.6 Å². The van der Waals surface area contributed by atoms with E-state index in [1.807, 2.05) is 0 Å². The maximum Gasteiger partial charge on any atom is 0.0283 e. The Hall–Kier alpha value is -2.08. The lowest BCUT2D eigenvalue weighted by atomic mass is 9.70. The van der Waals surface area contributed by atoms with Gasteiger partial charge in [-0.15, -0.1) is 13.2 Å². The quantitative estimate of drug-likeness (QED) is 0.491. The fourth-order valence-corrected chi connectivity index (χ4v) is 4.44. The zero-order chi connectivity index (χ0) is 20.0. The minimum Gasteiger partial charge on any atom is -0.103 e. The number of hydrogen-bond acceptors (Lipinski definition) is 0. The van der Waals surface area contributed by atoms with E-state index in [9.17, 15) is 0 Å². The van der Waals surface area contributed by atoms with E-state index < -0.39 is 0 Å². The molecule has 0 amide bonds. The Morgan fingerprint density at radius 3 is 1.37 bits per heavy atom. The summed E-state index contributed by atoms with van der Waals surface area (Å²) in [6, 6.07) is 14.2. The highest BCUT2D eigenvalue weighted by atomic mass is 14.4. The van der Waals surface area contributed by atoms with Crippen LogP contribution in [0.25, 0.3) is 11.1 Å². The Kier molecular flexibility index (Phi) is 4.75. The van der Waals surface area contributed by atoms with Crippen LogP contribution in [0.2, 0.25) is 0 Å². The lowest BCUT2D eigenvalue weighted by Crippen LogP contribution is -2.25. The van der Waals surface area contributed by atoms with E-state index in [-0.39, 0.29) is 16.2 Å². The van der Waals surface area contributed by atoms with Crippen molar-refractivity contribution in [1.82, 2.24) is 0 Å². The van der Waals surface area contributed by atoms with E-state index in [0.717, 1.165) is 12.8 Å². The average molecular weight is 359 g/mol. The highest BCUT2D eigenvalue weighted by Gasteiger charge is 2.42. The molecule has 2 aromatic carbocycles. The lowest BCUT2D eigenvalue weighted by molar-refractivity contribution is 0.532. The van der Waals surface area contributed by atoms with E-state index in [2.05, 4.69) is 103 Å². The molecule has 0 nitrogen and oxygen atoms in total. The van der Waals surface area contributed by atoms with Gasteiger partial charge in [-0.05, 0) is 57.1 Å². The molecule has 0 unspecified atom stereocenters. The van der Waals surface area contributed by atoms with Gasteiger partial charge >= 0.3 is 0 Å². The van der Waals surface area contributed by atoms with Crippen molar-refractivity contribution in [2.75, 3.05) is 0 Å². The van der Waals surface area contributed by atoms with Gasteiger partial charge in [0, 0.05) is 5.41 Å². The molecule has 27 heavy (non-hydrogen) atoms. The van der Waals surface area contributed by atoms with Crippen LogP contribution in [0.15, 0.2) is 61.7 Å². The van der Waals surface area contributed by atoms with Gasteiger partial charge in [-0.1, -0.05) is 90.1 Å². The third kappa shape index (κ3) is 3.20. The molecular formula is C27H34. The first-order valence-electron chi connectivity index (χ1n) is 10.1. The molecule has 0 aliphatic heterocycles. The topological polar surface area (TPSA) is 0 Å². The van der Waals surface area contributed by atoms with Gasteiger partial charge in [-0.2, -0.15) is 0 Å². The number of rotatable bonds is 4. The van der Waals surface area contributed by atoms with Crippen molar-refractivity contribution in [2.24, 2.45) is 0 Å². The van der Waals surface area contributed by atoms with Crippen molar-refractivity contribution in [3.05, 3.63) is 84.0 Å². The van der Waals surface area contributed by atoms with Gasteiger partial charge in [0.2, 0.25) is 0 Å². The van der Waals surface area contributed by atoms with Crippen LogP contribution in [0.4, 0.5) is 0 Å². The Bertz CT molecular complexity index is 806. The van der Waals surface area contributed by atoms with E-state index in [1.54, 1.807) is 0 Å². The summed E-state index contributed by atoms with van der Waals surface area (Å²) >= 11 is 0. The van der Waals surface area contributed by atoms with Crippen molar-refractivity contribution >= 4 is 0 Å². The first kappa shape index (κ1) is 19.7. The molecule has 1 aliphatic rings. The fraction of sp³-hybridized carbons (Fsp3) is 0.407. The highest BCUT2D eigenvalue weighted by molar-refractivity contribution is 5.82. The third-order valence-electron chi connectivity index (χ3n) is 6.08. The summed E-state index contributed by atoms with van der Waals surface area (Å²) in [5.41, 5.74) is 8.63. The van der Waals surface area contributed by atoms with Crippen molar-refractivity contribution in [3.63, 3.8) is 0 Å². The zero-order valence-corrected chi connectivity index (χ0v) is 17.9. The summed E-state index contributed by atoms with van der Waals surface area (Å²) < 4.78 is 0. The van der Waals surface area contributed by atoms with Crippen molar-refractivity contribution < 1.29 is 0 Å². The van der Waals surface area contributed by atoms with Crippen LogP contribution >= 0.6 is 0 Å².